The Morgan fingerprint density at radius 3 is 2.42 bits per heavy atom. The van der Waals surface area contributed by atoms with Gasteiger partial charge in [0.15, 0.2) is 0 Å². The standard InChI is InChI=1S/C17H21F3N2OS/c1-12-15(23)22(11-10-21-8-2-3-9-21)16(24-12)13-4-6-14(7-5-13)17(18,19)20/h4-7,12,16H,2-3,8-11H2,1H3/p+1/t12-,16+/m1/s1. The number of thioether (sulfide) groups is 1. The number of alkyl halides is 3. The van der Waals surface area contributed by atoms with Crippen molar-refractivity contribution in [1.82, 2.24) is 4.90 Å². The first-order chi connectivity index (χ1) is 11.4. The highest BCUT2D eigenvalue weighted by molar-refractivity contribution is 8.01. The SMILES string of the molecule is C[C@H]1S[C@@H](c2ccc(C(F)(F)F)cc2)N(CC[NH+]2CCCC2)C1=O. The lowest BCUT2D eigenvalue weighted by Gasteiger charge is -2.25. The topological polar surface area (TPSA) is 24.8 Å². The van der Waals surface area contributed by atoms with Crippen molar-refractivity contribution >= 4 is 17.7 Å². The second-order valence-corrected chi connectivity index (χ2v) is 7.91. The van der Waals surface area contributed by atoms with Crippen LogP contribution in [0.5, 0.6) is 0 Å². The van der Waals surface area contributed by atoms with Gasteiger partial charge in [0.1, 0.15) is 5.37 Å². The van der Waals surface area contributed by atoms with Crippen LogP contribution in [0.1, 0.15) is 36.3 Å². The number of nitrogens with zero attached hydrogens (tertiary/aromatic N) is 1. The fourth-order valence-electron chi connectivity index (χ4n) is 3.40. The van der Waals surface area contributed by atoms with E-state index < -0.39 is 11.7 Å². The molecule has 2 atom stereocenters. The summed E-state index contributed by atoms with van der Waals surface area (Å²) >= 11 is 1.52. The van der Waals surface area contributed by atoms with Crippen molar-refractivity contribution in [3.8, 4) is 0 Å². The molecule has 0 aliphatic carbocycles. The molecule has 1 amide bonds. The minimum absolute atomic E-state index is 0.0866. The van der Waals surface area contributed by atoms with E-state index >= 15 is 0 Å². The normalized spacial score (nSPS) is 25.7. The van der Waals surface area contributed by atoms with E-state index in [4.69, 9.17) is 0 Å². The molecule has 2 aliphatic rings. The molecule has 0 radical (unpaired) electrons. The lowest BCUT2D eigenvalue weighted by molar-refractivity contribution is -0.886. The average Bonchev–Trinajstić information content (AvgIpc) is 3.14. The number of hydrogen-bond donors (Lipinski definition) is 1. The predicted molar refractivity (Wildman–Crippen MR) is 87.7 cm³/mol. The maximum atomic E-state index is 12.7. The Hall–Kier alpha value is -1.21. The van der Waals surface area contributed by atoms with Crippen molar-refractivity contribution in [2.24, 2.45) is 0 Å². The van der Waals surface area contributed by atoms with Crippen LogP contribution in [0, 0.1) is 0 Å². The predicted octanol–water partition coefficient (Wildman–Crippen LogP) is 2.35. The molecular formula is C17H22F3N2OS+. The van der Waals surface area contributed by atoms with Crippen LogP contribution in [0.15, 0.2) is 24.3 Å². The third-order valence-electron chi connectivity index (χ3n) is 4.79. The van der Waals surface area contributed by atoms with Gasteiger partial charge in [0.25, 0.3) is 0 Å². The zero-order valence-electron chi connectivity index (χ0n) is 13.6. The molecule has 1 aromatic rings. The van der Waals surface area contributed by atoms with Crippen LogP contribution in [0.4, 0.5) is 13.2 Å². The summed E-state index contributed by atoms with van der Waals surface area (Å²) in [7, 11) is 0. The van der Waals surface area contributed by atoms with E-state index in [0.29, 0.717) is 6.54 Å². The molecule has 1 N–H and O–H groups in total. The summed E-state index contributed by atoms with van der Waals surface area (Å²) < 4.78 is 38.2. The Morgan fingerprint density at radius 2 is 1.83 bits per heavy atom. The molecule has 0 spiro atoms. The van der Waals surface area contributed by atoms with Crippen molar-refractivity contribution in [3.05, 3.63) is 35.4 Å². The Kier molecular flexibility index (Phi) is 5.11. The van der Waals surface area contributed by atoms with Gasteiger partial charge in [-0.15, -0.1) is 11.8 Å². The summed E-state index contributed by atoms with van der Waals surface area (Å²) in [5.41, 5.74) is 0.115. The van der Waals surface area contributed by atoms with E-state index in [0.717, 1.165) is 37.3 Å². The van der Waals surface area contributed by atoms with Gasteiger partial charge in [-0.05, 0) is 24.6 Å². The van der Waals surface area contributed by atoms with Crippen LogP contribution in [-0.2, 0) is 11.0 Å². The Bertz CT molecular complexity index is 584. The van der Waals surface area contributed by atoms with Gasteiger partial charge in [0.05, 0.1) is 37.0 Å². The van der Waals surface area contributed by atoms with Gasteiger partial charge in [0, 0.05) is 12.8 Å². The van der Waals surface area contributed by atoms with E-state index in [1.54, 1.807) is 0 Å². The minimum Gasteiger partial charge on any atom is -0.333 e. The Labute approximate surface area is 144 Å². The molecule has 2 saturated heterocycles. The number of likely N-dealkylation sites (tertiary alicyclic amines) is 1. The number of carbonyl (C=O) groups excluding carboxylic acids is 1. The van der Waals surface area contributed by atoms with E-state index in [1.807, 2.05) is 11.8 Å². The first-order valence-corrected chi connectivity index (χ1v) is 9.27. The molecule has 1 aromatic carbocycles. The number of rotatable bonds is 4. The number of nitrogens with one attached hydrogen (secondary N) is 1. The van der Waals surface area contributed by atoms with Crippen molar-refractivity contribution in [2.45, 2.75) is 36.6 Å². The van der Waals surface area contributed by atoms with Crippen molar-refractivity contribution < 1.29 is 22.9 Å². The van der Waals surface area contributed by atoms with Crippen LogP contribution in [-0.4, -0.2) is 42.2 Å². The largest absolute Gasteiger partial charge is 0.416 e. The first kappa shape index (κ1) is 17.6. The van der Waals surface area contributed by atoms with Gasteiger partial charge in [-0.2, -0.15) is 13.2 Å². The number of carbonyl (C=O) groups is 1. The number of benzene rings is 1. The van der Waals surface area contributed by atoms with Gasteiger partial charge in [0.2, 0.25) is 5.91 Å². The van der Waals surface area contributed by atoms with E-state index in [-0.39, 0.29) is 16.5 Å². The summed E-state index contributed by atoms with van der Waals surface area (Å²) in [6, 6.07) is 5.21. The van der Waals surface area contributed by atoms with Gasteiger partial charge in [-0.3, -0.25) is 4.79 Å². The van der Waals surface area contributed by atoms with Crippen LogP contribution in [0.3, 0.4) is 0 Å². The lowest BCUT2D eigenvalue weighted by atomic mass is 10.1. The number of quaternary nitrogens is 1. The molecule has 0 bridgehead atoms. The second-order valence-electron chi connectivity index (χ2n) is 6.49. The average molecular weight is 359 g/mol. The summed E-state index contributed by atoms with van der Waals surface area (Å²) in [4.78, 5) is 15.8. The summed E-state index contributed by atoms with van der Waals surface area (Å²) in [6.07, 6.45) is -1.86. The zero-order chi connectivity index (χ0) is 17.3. The molecule has 2 heterocycles. The monoisotopic (exact) mass is 359 g/mol. The third-order valence-corrected chi connectivity index (χ3v) is 6.18. The molecule has 3 rings (SSSR count). The molecule has 7 heteroatoms. The van der Waals surface area contributed by atoms with Gasteiger partial charge in [-0.1, -0.05) is 12.1 Å². The van der Waals surface area contributed by atoms with Crippen LogP contribution >= 0.6 is 11.8 Å². The number of amides is 1. The molecule has 0 aromatic heterocycles. The quantitative estimate of drug-likeness (QED) is 0.893. The van der Waals surface area contributed by atoms with Crippen LogP contribution in [0.25, 0.3) is 0 Å². The second kappa shape index (κ2) is 6.96. The van der Waals surface area contributed by atoms with E-state index in [9.17, 15) is 18.0 Å². The molecule has 24 heavy (non-hydrogen) atoms. The highest BCUT2D eigenvalue weighted by atomic mass is 32.2. The van der Waals surface area contributed by atoms with E-state index in [2.05, 4.69) is 0 Å². The first-order valence-electron chi connectivity index (χ1n) is 8.33. The van der Waals surface area contributed by atoms with Crippen molar-refractivity contribution in [1.29, 1.82) is 0 Å². The molecular weight excluding hydrogens is 337 g/mol. The lowest BCUT2D eigenvalue weighted by Crippen LogP contribution is -3.10. The number of halogens is 3. The summed E-state index contributed by atoms with van der Waals surface area (Å²) in [5.74, 6) is 0.0866. The van der Waals surface area contributed by atoms with Crippen LogP contribution in [0.2, 0.25) is 0 Å². The highest BCUT2D eigenvalue weighted by Crippen LogP contribution is 2.43. The fourth-order valence-corrected chi connectivity index (χ4v) is 4.71. The molecule has 0 unspecified atom stereocenters. The van der Waals surface area contributed by atoms with Gasteiger partial charge < -0.3 is 9.80 Å². The van der Waals surface area contributed by atoms with Crippen molar-refractivity contribution in [3.63, 3.8) is 0 Å². The minimum atomic E-state index is -4.33. The van der Waals surface area contributed by atoms with Gasteiger partial charge >= 0.3 is 6.18 Å². The Morgan fingerprint density at radius 1 is 1.21 bits per heavy atom. The van der Waals surface area contributed by atoms with Crippen molar-refractivity contribution in [2.75, 3.05) is 26.2 Å². The third kappa shape index (κ3) is 3.72. The van der Waals surface area contributed by atoms with E-state index in [1.165, 1.54) is 41.6 Å². The molecule has 2 fully saturated rings. The Balaban J connectivity index is 1.72. The summed E-state index contributed by atoms with van der Waals surface area (Å²) in [5, 5.41) is -0.331. The number of hydrogen-bond acceptors (Lipinski definition) is 2. The summed E-state index contributed by atoms with van der Waals surface area (Å²) in [6.45, 7) is 5.74. The molecule has 0 saturated carbocycles. The fraction of sp³-hybridized carbons (Fsp3) is 0.588. The highest BCUT2D eigenvalue weighted by Gasteiger charge is 2.39. The maximum absolute atomic E-state index is 12.7. The molecule has 132 valence electrons. The van der Waals surface area contributed by atoms with Crippen LogP contribution < -0.4 is 4.90 Å². The maximum Gasteiger partial charge on any atom is 0.416 e. The molecule has 3 nitrogen and oxygen atoms in total. The molecule has 2 aliphatic heterocycles. The zero-order valence-corrected chi connectivity index (χ0v) is 14.4. The smallest absolute Gasteiger partial charge is 0.333 e. The van der Waals surface area contributed by atoms with Gasteiger partial charge in [-0.25, -0.2) is 0 Å².